The molecule has 3 nitrogen and oxygen atoms in total. The number of nitrogens with one attached hydrogen (secondary N) is 1. The number of para-hydroxylation sites is 1. The van der Waals surface area contributed by atoms with Gasteiger partial charge in [0.05, 0.1) is 5.69 Å². The van der Waals surface area contributed by atoms with Crippen molar-refractivity contribution in [2.24, 2.45) is 0 Å². The van der Waals surface area contributed by atoms with Crippen molar-refractivity contribution in [1.29, 1.82) is 0 Å². The molecule has 0 bridgehead atoms. The van der Waals surface area contributed by atoms with Crippen molar-refractivity contribution < 1.29 is 8.42 Å². The summed E-state index contributed by atoms with van der Waals surface area (Å²) < 4.78 is 23.7. The Labute approximate surface area is 115 Å². The number of fused-ring (bicyclic) bond motifs is 1. The topological polar surface area (TPSA) is 49.9 Å². The van der Waals surface area contributed by atoms with E-state index in [9.17, 15) is 8.42 Å². The average Bonchev–Trinajstić information content (AvgIpc) is 2.79. The van der Waals surface area contributed by atoms with Gasteiger partial charge in [0.25, 0.3) is 9.05 Å². The third-order valence-corrected chi connectivity index (χ3v) is 4.34. The Kier molecular flexibility index (Phi) is 2.84. The van der Waals surface area contributed by atoms with Crippen LogP contribution in [0.4, 0.5) is 0 Å². The molecule has 3 aromatic rings. The van der Waals surface area contributed by atoms with Gasteiger partial charge in [0.1, 0.15) is 4.90 Å². The van der Waals surface area contributed by atoms with E-state index in [4.69, 9.17) is 10.7 Å². The van der Waals surface area contributed by atoms with E-state index in [2.05, 4.69) is 4.98 Å². The molecule has 3 rings (SSSR count). The van der Waals surface area contributed by atoms with Crippen molar-refractivity contribution in [1.82, 2.24) is 4.98 Å². The molecule has 1 heterocycles. The van der Waals surface area contributed by atoms with E-state index in [1.807, 2.05) is 42.5 Å². The van der Waals surface area contributed by atoms with E-state index in [1.165, 1.54) is 0 Å². The van der Waals surface area contributed by atoms with E-state index in [1.54, 1.807) is 12.1 Å². The molecule has 5 heteroatoms. The van der Waals surface area contributed by atoms with Crippen molar-refractivity contribution in [3.05, 3.63) is 54.6 Å². The molecule has 1 N–H and O–H groups in total. The van der Waals surface area contributed by atoms with Gasteiger partial charge < -0.3 is 4.98 Å². The fourth-order valence-electron chi connectivity index (χ4n) is 2.18. The summed E-state index contributed by atoms with van der Waals surface area (Å²) in [6, 6.07) is 16.5. The third kappa shape index (κ3) is 2.13. The van der Waals surface area contributed by atoms with E-state index >= 15 is 0 Å². The first-order valence-electron chi connectivity index (χ1n) is 5.68. The summed E-state index contributed by atoms with van der Waals surface area (Å²) in [5, 5.41) is 0.608. The van der Waals surface area contributed by atoms with Gasteiger partial charge in [-0.1, -0.05) is 48.5 Å². The summed E-state index contributed by atoms with van der Waals surface area (Å²) >= 11 is 0. The van der Waals surface area contributed by atoms with Gasteiger partial charge in [0.15, 0.2) is 0 Å². The van der Waals surface area contributed by atoms with Crippen molar-refractivity contribution >= 4 is 30.6 Å². The number of hydrogen-bond acceptors (Lipinski definition) is 2. The summed E-state index contributed by atoms with van der Waals surface area (Å²) in [4.78, 5) is 3.26. The quantitative estimate of drug-likeness (QED) is 0.731. The van der Waals surface area contributed by atoms with E-state index in [-0.39, 0.29) is 4.90 Å². The molecule has 0 saturated carbocycles. The first-order chi connectivity index (χ1) is 9.07. The predicted molar refractivity (Wildman–Crippen MR) is 76.8 cm³/mol. The minimum absolute atomic E-state index is 0.135. The molecule has 0 saturated heterocycles. The zero-order valence-corrected chi connectivity index (χ0v) is 11.4. The predicted octanol–water partition coefficient (Wildman–Crippen LogP) is 3.76. The Morgan fingerprint density at radius 3 is 2.21 bits per heavy atom. The van der Waals surface area contributed by atoms with E-state index < -0.39 is 9.05 Å². The van der Waals surface area contributed by atoms with Gasteiger partial charge in [0, 0.05) is 21.6 Å². The molecule has 0 aliphatic rings. The maximum absolute atomic E-state index is 11.8. The van der Waals surface area contributed by atoms with Crippen LogP contribution in [0.5, 0.6) is 0 Å². The standard InChI is InChI=1S/C14H10ClNO2S/c15-19(17,18)14-11-8-4-5-9-12(11)16-13(14)10-6-2-1-3-7-10/h1-9,16H. The Morgan fingerprint density at radius 1 is 0.895 bits per heavy atom. The fourth-order valence-corrected chi connectivity index (χ4v) is 3.51. The van der Waals surface area contributed by atoms with Crippen LogP contribution >= 0.6 is 10.7 Å². The first kappa shape index (κ1) is 12.3. The van der Waals surface area contributed by atoms with Gasteiger partial charge in [-0.2, -0.15) is 0 Å². The van der Waals surface area contributed by atoms with Crippen molar-refractivity contribution in [2.45, 2.75) is 4.90 Å². The van der Waals surface area contributed by atoms with Crippen LogP contribution < -0.4 is 0 Å². The van der Waals surface area contributed by atoms with Crippen LogP contribution in [-0.2, 0) is 9.05 Å². The molecule has 96 valence electrons. The highest BCUT2D eigenvalue weighted by molar-refractivity contribution is 8.14. The number of benzene rings is 2. The highest BCUT2D eigenvalue weighted by Crippen LogP contribution is 2.35. The molecule has 0 fully saturated rings. The fraction of sp³-hybridized carbons (Fsp3) is 0. The third-order valence-electron chi connectivity index (χ3n) is 2.96. The lowest BCUT2D eigenvalue weighted by Crippen LogP contribution is -1.92. The van der Waals surface area contributed by atoms with Gasteiger partial charge in [-0.05, 0) is 11.6 Å². The van der Waals surface area contributed by atoms with E-state index in [0.29, 0.717) is 11.1 Å². The highest BCUT2D eigenvalue weighted by atomic mass is 35.7. The summed E-state index contributed by atoms with van der Waals surface area (Å²) in [5.41, 5.74) is 2.07. The molecule has 0 unspecified atom stereocenters. The number of halogens is 1. The van der Waals surface area contributed by atoms with Crippen molar-refractivity contribution in [3.8, 4) is 11.3 Å². The lowest BCUT2D eigenvalue weighted by atomic mass is 10.1. The Hall–Kier alpha value is -1.78. The van der Waals surface area contributed by atoms with Gasteiger partial charge >= 0.3 is 0 Å². The Balaban J connectivity index is 2.43. The second kappa shape index (κ2) is 4.40. The second-order valence-electron chi connectivity index (χ2n) is 4.18. The van der Waals surface area contributed by atoms with Crippen LogP contribution in [0.2, 0.25) is 0 Å². The van der Waals surface area contributed by atoms with E-state index in [0.717, 1.165) is 11.1 Å². The first-order valence-corrected chi connectivity index (χ1v) is 7.99. The number of aromatic nitrogens is 1. The normalized spacial score (nSPS) is 11.8. The molecular weight excluding hydrogens is 282 g/mol. The van der Waals surface area contributed by atoms with Crippen LogP contribution in [0.1, 0.15) is 0 Å². The highest BCUT2D eigenvalue weighted by Gasteiger charge is 2.22. The van der Waals surface area contributed by atoms with Gasteiger partial charge in [-0.15, -0.1) is 0 Å². The number of H-pyrrole nitrogens is 1. The van der Waals surface area contributed by atoms with Gasteiger partial charge in [0.2, 0.25) is 0 Å². The van der Waals surface area contributed by atoms with Gasteiger partial charge in [-0.25, -0.2) is 8.42 Å². The van der Waals surface area contributed by atoms with Crippen LogP contribution in [0.25, 0.3) is 22.2 Å². The summed E-state index contributed by atoms with van der Waals surface area (Å²) in [6.45, 7) is 0. The number of aromatic amines is 1. The van der Waals surface area contributed by atoms with Crippen LogP contribution in [0.15, 0.2) is 59.5 Å². The summed E-state index contributed by atoms with van der Waals surface area (Å²) in [6.07, 6.45) is 0. The molecule has 0 spiro atoms. The molecule has 0 amide bonds. The average molecular weight is 292 g/mol. The molecule has 0 aliphatic carbocycles. The molecule has 0 aliphatic heterocycles. The van der Waals surface area contributed by atoms with Crippen LogP contribution in [-0.4, -0.2) is 13.4 Å². The SMILES string of the molecule is O=S(=O)(Cl)c1c(-c2ccccc2)[nH]c2ccccc12. The lowest BCUT2D eigenvalue weighted by molar-refractivity contribution is 0.610. The molecule has 2 aromatic carbocycles. The Morgan fingerprint density at radius 2 is 1.53 bits per heavy atom. The Bertz CT molecular complexity index is 838. The minimum atomic E-state index is -3.82. The molecule has 1 aromatic heterocycles. The second-order valence-corrected chi connectivity index (χ2v) is 6.68. The zero-order valence-electron chi connectivity index (χ0n) is 9.80. The maximum atomic E-state index is 11.8. The lowest BCUT2D eigenvalue weighted by Gasteiger charge is -2.01. The molecular formula is C14H10ClNO2S. The molecule has 19 heavy (non-hydrogen) atoms. The summed E-state index contributed by atoms with van der Waals surface area (Å²) in [7, 11) is 1.76. The van der Waals surface area contributed by atoms with Crippen LogP contribution in [0, 0.1) is 0 Å². The number of hydrogen-bond donors (Lipinski definition) is 1. The summed E-state index contributed by atoms with van der Waals surface area (Å²) in [5.74, 6) is 0. The maximum Gasteiger partial charge on any atom is 0.264 e. The monoisotopic (exact) mass is 291 g/mol. The molecule has 0 atom stereocenters. The smallest absolute Gasteiger partial charge is 0.264 e. The minimum Gasteiger partial charge on any atom is -0.353 e. The zero-order chi connectivity index (χ0) is 13.5. The number of rotatable bonds is 2. The van der Waals surface area contributed by atoms with Crippen molar-refractivity contribution in [2.75, 3.05) is 0 Å². The molecule has 0 radical (unpaired) electrons. The van der Waals surface area contributed by atoms with Gasteiger partial charge in [-0.3, -0.25) is 0 Å². The van der Waals surface area contributed by atoms with Crippen LogP contribution in [0.3, 0.4) is 0 Å². The largest absolute Gasteiger partial charge is 0.353 e. The van der Waals surface area contributed by atoms with Crippen molar-refractivity contribution in [3.63, 3.8) is 0 Å².